The molecule has 0 aliphatic carbocycles. The minimum Gasteiger partial charge on any atom is -0.296 e. The highest BCUT2D eigenvalue weighted by molar-refractivity contribution is 7.90. The lowest BCUT2D eigenvalue weighted by Gasteiger charge is -2.00. The Balaban J connectivity index is 3.21. The molecule has 0 radical (unpaired) electrons. The number of rotatable bonds is 2. The molecule has 0 amide bonds. The van der Waals surface area contributed by atoms with Gasteiger partial charge in [0.15, 0.2) is 9.84 Å². The molecule has 0 heterocycles. The molecule has 0 saturated carbocycles. The molecule has 0 bridgehead atoms. The Bertz CT molecular complexity index is 449. The van der Waals surface area contributed by atoms with Crippen LogP contribution < -0.4 is 0 Å². The summed E-state index contributed by atoms with van der Waals surface area (Å²) in [6.07, 6.45) is 1.02. The Morgan fingerprint density at radius 3 is 2.57 bits per heavy atom. The van der Waals surface area contributed by atoms with Gasteiger partial charge >= 0.3 is 5.97 Å². The third-order valence-corrected chi connectivity index (χ3v) is 2.69. The van der Waals surface area contributed by atoms with Gasteiger partial charge in [0.1, 0.15) is 0 Å². The zero-order chi connectivity index (χ0) is 10.8. The molecule has 14 heavy (non-hydrogen) atoms. The van der Waals surface area contributed by atoms with Gasteiger partial charge < -0.3 is 0 Å². The summed E-state index contributed by atoms with van der Waals surface area (Å²) in [6.45, 7) is 0. The van der Waals surface area contributed by atoms with E-state index in [1.165, 1.54) is 18.2 Å². The first-order chi connectivity index (χ1) is 6.45. The van der Waals surface area contributed by atoms with Gasteiger partial charge in [-0.15, -0.1) is 0 Å². The zero-order valence-electron chi connectivity index (χ0n) is 7.30. The van der Waals surface area contributed by atoms with Gasteiger partial charge in [0.05, 0.1) is 10.5 Å². The van der Waals surface area contributed by atoms with Crippen molar-refractivity contribution < 1.29 is 23.4 Å². The smallest absolute Gasteiger partial charge is 0.296 e. The van der Waals surface area contributed by atoms with Crippen LogP contribution >= 0.6 is 0 Å². The quantitative estimate of drug-likeness (QED) is 0.582. The van der Waals surface area contributed by atoms with E-state index in [2.05, 4.69) is 4.89 Å². The molecule has 0 saturated heterocycles. The maximum absolute atomic E-state index is 11.1. The minimum absolute atomic E-state index is 0.000370. The number of benzene rings is 1. The monoisotopic (exact) mass is 216 g/mol. The average Bonchev–Trinajstić information content (AvgIpc) is 2.15. The SMILES string of the molecule is CS(=O)(=O)c1cccc(C(=O)OO)c1. The maximum Gasteiger partial charge on any atom is 0.372 e. The van der Waals surface area contributed by atoms with E-state index in [1.807, 2.05) is 0 Å². The summed E-state index contributed by atoms with van der Waals surface area (Å²) in [4.78, 5) is 14.3. The molecule has 0 atom stereocenters. The molecule has 1 aromatic rings. The van der Waals surface area contributed by atoms with E-state index in [-0.39, 0.29) is 10.5 Å². The van der Waals surface area contributed by atoms with Gasteiger partial charge in [-0.2, -0.15) is 5.26 Å². The predicted molar refractivity (Wildman–Crippen MR) is 47.6 cm³/mol. The highest BCUT2D eigenvalue weighted by Gasteiger charge is 2.12. The molecule has 76 valence electrons. The molecule has 6 heteroatoms. The van der Waals surface area contributed by atoms with Crippen molar-refractivity contribution in [3.8, 4) is 0 Å². The molecule has 0 aromatic heterocycles. The molecule has 1 aromatic carbocycles. The number of carbonyl (C=O) groups excluding carboxylic acids is 1. The Labute approximate surface area is 80.8 Å². The number of sulfone groups is 1. The van der Waals surface area contributed by atoms with Crippen molar-refractivity contribution in [2.24, 2.45) is 0 Å². The van der Waals surface area contributed by atoms with Crippen LogP contribution in [0.15, 0.2) is 29.2 Å². The first-order valence-corrected chi connectivity index (χ1v) is 5.50. The van der Waals surface area contributed by atoms with E-state index < -0.39 is 15.8 Å². The van der Waals surface area contributed by atoms with Crippen LogP contribution in [-0.4, -0.2) is 25.9 Å². The summed E-state index contributed by atoms with van der Waals surface area (Å²) in [5.74, 6) is -0.990. The zero-order valence-corrected chi connectivity index (χ0v) is 8.11. The van der Waals surface area contributed by atoms with Gasteiger partial charge in [0.2, 0.25) is 0 Å². The van der Waals surface area contributed by atoms with Gasteiger partial charge in [-0.3, -0.25) is 4.89 Å². The summed E-state index contributed by atoms with van der Waals surface area (Å²) in [7, 11) is -3.36. The lowest BCUT2D eigenvalue weighted by Crippen LogP contribution is -2.04. The van der Waals surface area contributed by atoms with E-state index in [0.29, 0.717) is 0 Å². The highest BCUT2D eigenvalue weighted by atomic mass is 32.2. The lowest BCUT2D eigenvalue weighted by atomic mass is 10.2. The summed E-state index contributed by atoms with van der Waals surface area (Å²) in [5, 5.41) is 8.08. The summed E-state index contributed by atoms with van der Waals surface area (Å²) >= 11 is 0. The van der Waals surface area contributed by atoms with Crippen LogP contribution in [0.1, 0.15) is 10.4 Å². The highest BCUT2D eigenvalue weighted by Crippen LogP contribution is 2.11. The van der Waals surface area contributed by atoms with Crippen molar-refractivity contribution in [1.82, 2.24) is 0 Å². The van der Waals surface area contributed by atoms with Crippen molar-refractivity contribution >= 4 is 15.8 Å². The van der Waals surface area contributed by atoms with E-state index in [4.69, 9.17) is 5.26 Å². The largest absolute Gasteiger partial charge is 0.372 e. The van der Waals surface area contributed by atoms with Crippen LogP contribution in [0.3, 0.4) is 0 Å². The molecule has 0 aliphatic rings. The van der Waals surface area contributed by atoms with Crippen LogP contribution in [0, 0.1) is 0 Å². The van der Waals surface area contributed by atoms with Crippen LogP contribution in [-0.2, 0) is 14.7 Å². The first kappa shape index (κ1) is 10.7. The van der Waals surface area contributed by atoms with Crippen LogP contribution in [0.5, 0.6) is 0 Å². The molecule has 0 unspecified atom stereocenters. The Morgan fingerprint density at radius 1 is 1.43 bits per heavy atom. The second kappa shape index (κ2) is 3.77. The van der Waals surface area contributed by atoms with Crippen LogP contribution in [0.25, 0.3) is 0 Å². The van der Waals surface area contributed by atoms with Crippen LogP contribution in [0.4, 0.5) is 0 Å². The van der Waals surface area contributed by atoms with E-state index in [1.54, 1.807) is 0 Å². The van der Waals surface area contributed by atoms with Gasteiger partial charge in [-0.1, -0.05) is 6.07 Å². The molecular weight excluding hydrogens is 208 g/mol. The maximum atomic E-state index is 11.1. The second-order valence-electron chi connectivity index (χ2n) is 2.68. The van der Waals surface area contributed by atoms with Crippen LogP contribution in [0.2, 0.25) is 0 Å². The fourth-order valence-corrected chi connectivity index (χ4v) is 1.57. The third kappa shape index (κ3) is 2.30. The predicted octanol–water partition coefficient (Wildman–Crippen LogP) is 0.720. The number of hydrogen-bond donors (Lipinski definition) is 1. The molecule has 0 fully saturated rings. The summed E-state index contributed by atoms with van der Waals surface area (Å²) in [6, 6.07) is 5.22. The molecule has 1 N–H and O–H groups in total. The van der Waals surface area contributed by atoms with Crippen molar-refractivity contribution in [3.05, 3.63) is 29.8 Å². The van der Waals surface area contributed by atoms with E-state index >= 15 is 0 Å². The summed E-state index contributed by atoms with van der Waals surface area (Å²) < 4.78 is 22.2. The Hall–Kier alpha value is -1.40. The van der Waals surface area contributed by atoms with Gasteiger partial charge in [0, 0.05) is 6.26 Å². The van der Waals surface area contributed by atoms with Gasteiger partial charge in [-0.25, -0.2) is 13.2 Å². The van der Waals surface area contributed by atoms with Crippen molar-refractivity contribution in [2.45, 2.75) is 4.90 Å². The molecular formula is C8H8O5S. The minimum atomic E-state index is -3.36. The third-order valence-electron chi connectivity index (χ3n) is 1.58. The van der Waals surface area contributed by atoms with E-state index in [9.17, 15) is 13.2 Å². The fraction of sp³-hybridized carbons (Fsp3) is 0.125. The van der Waals surface area contributed by atoms with Gasteiger partial charge in [0.25, 0.3) is 0 Å². The standard InChI is InChI=1S/C8H8O5S/c1-14(11,12)7-4-2-3-6(5-7)8(9)13-10/h2-5,10H,1H3. The first-order valence-electron chi connectivity index (χ1n) is 3.61. The van der Waals surface area contributed by atoms with Crippen molar-refractivity contribution in [3.63, 3.8) is 0 Å². The number of carbonyl (C=O) groups is 1. The van der Waals surface area contributed by atoms with E-state index in [0.717, 1.165) is 12.3 Å². The molecule has 0 aliphatic heterocycles. The Kier molecular flexibility index (Phi) is 2.87. The average molecular weight is 216 g/mol. The fourth-order valence-electron chi connectivity index (χ4n) is 0.906. The topological polar surface area (TPSA) is 80.7 Å². The Morgan fingerprint density at radius 2 is 2.07 bits per heavy atom. The summed E-state index contributed by atoms with van der Waals surface area (Å²) in [5.41, 5.74) is -0.0181. The molecule has 0 spiro atoms. The molecule has 5 nitrogen and oxygen atoms in total. The normalized spacial score (nSPS) is 11.0. The van der Waals surface area contributed by atoms with Crippen molar-refractivity contribution in [1.29, 1.82) is 0 Å². The number of hydrogen-bond acceptors (Lipinski definition) is 5. The molecule has 1 rings (SSSR count). The van der Waals surface area contributed by atoms with Crippen molar-refractivity contribution in [2.75, 3.05) is 6.26 Å². The lowest BCUT2D eigenvalue weighted by molar-refractivity contribution is -0.182. The second-order valence-corrected chi connectivity index (χ2v) is 4.69. The van der Waals surface area contributed by atoms with Gasteiger partial charge in [-0.05, 0) is 18.2 Å².